The number of nitrogens with zero attached hydrogens (tertiary/aromatic N) is 2. The Morgan fingerprint density at radius 2 is 1.95 bits per heavy atom. The van der Waals surface area contributed by atoms with Gasteiger partial charge in [-0.1, -0.05) is 24.2 Å². The van der Waals surface area contributed by atoms with Crippen LogP contribution in [0.3, 0.4) is 0 Å². The van der Waals surface area contributed by atoms with Crippen LogP contribution in [0.15, 0.2) is 28.8 Å². The highest BCUT2D eigenvalue weighted by Crippen LogP contribution is 2.26. The maximum atomic E-state index is 9.26. The van der Waals surface area contributed by atoms with Crippen molar-refractivity contribution in [3.05, 3.63) is 41.5 Å². The molecule has 0 saturated carbocycles. The zero-order valence-electron chi connectivity index (χ0n) is 12.1. The van der Waals surface area contributed by atoms with Crippen LogP contribution in [0, 0.1) is 0 Å². The predicted octanol–water partition coefficient (Wildman–Crippen LogP) is 3.03. The lowest BCUT2D eigenvalue weighted by Gasteiger charge is -2.23. The van der Waals surface area contributed by atoms with Crippen LogP contribution in [-0.2, 0) is 16.8 Å². The van der Waals surface area contributed by atoms with Crippen molar-refractivity contribution in [1.82, 2.24) is 10.1 Å². The molecule has 0 bridgehead atoms. The molecule has 5 heteroatoms. The van der Waals surface area contributed by atoms with Gasteiger partial charge >= 0.3 is 0 Å². The van der Waals surface area contributed by atoms with Crippen molar-refractivity contribution < 1.29 is 14.4 Å². The van der Waals surface area contributed by atoms with Crippen LogP contribution in [0.1, 0.15) is 44.5 Å². The zero-order valence-corrected chi connectivity index (χ0v) is 12.1. The number of rotatable bonds is 6. The Bertz CT molecular complexity index is 551. The maximum Gasteiger partial charge on any atom is 0.231 e. The van der Waals surface area contributed by atoms with Crippen molar-refractivity contribution >= 4 is 0 Å². The number of aromatic hydroxyl groups is 1. The van der Waals surface area contributed by atoms with E-state index in [0.717, 1.165) is 12.0 Å². The van der Waals surface area contributed by atoms with E-state index in [4.69, 9.17) is 9.26 Å². The molecule has 2 rings (SSSR count). The molecule has 0 spiro atoms. The summed E-state index contributed by atoms with van der Waals surface area (Å²) in [7, 11) is 0. The molecule has 1 aromatic carbocycles. The van der Waals surface area contributed by atoms with Gasteiger partial charge in [0.1, 0.15) is 11.4 Å². The number of hydrogen-bond donors (Lipinski definition) is 1. The number of ether oxygens (including phenoxy) is 1. The first-order chi connectivity index (χ1) is 9.57. The normalized spacial score (nSPS) is 14.2. The van der Waals surface area contributed by atoms with E-state index in [1.165, 1.54) is 0 Å². The Kier molecular flexibility index (Phi) is 4.39. The van der Waals surface area contributed by atoms with Crippen LogP contribution in [0.2, 0.25) is 0 Å². The smallest absolute Gasteiger partial charge is 0.231 e. The minimum absolute atomic E-state index is 0.245. The standard InChI is InChI=1S/C15H20N2O3/c1-4-15(3,19-5-2)14-16-13(20-17-14)10-11-6-8-12(18)9-7-11/h6-9,18H,4-5,10H2,1-3H3. The second-order valence-corrected chi connectivity index (χ2v) is 4.87. The zero-order chi connectivity index (χ0) is 14.6. The molecule has 0 amide bonds. The van der Waals surface area contributed by atoms with Crippen molar-refractivity contribution in [2.45, 2.75) is 39.2 Å². The second-order valence-electron chi connectivity index (χ2n) is 4.87. The molecule has 1 N–H and O–H groups in total. The molecule has 1 unspecified atom stereocenters. The first-order valence-electron chi connectivity index (χ1n) is 6.82. The fraction of sp³-hybridized carbons (Fsp3) is 0.467. The lowest BCUT2D eigenvalue weighted by atomic mass is 10.0. The van der Waals surface area contributed by atoms with Crippen molar-refractivity contribution in [1.29, 1.82) is 0 Å². The van der Waals surface area contributed by atoms with E-state index in [1.807, 2.05) is 32.9 Å². The van der Waals surface area contributed by atoms with Gasteiger partial charge in [0.2, 0.25) is 11.7 Å². The van der Waals surface area contributed by atoms with Gasteiger partial charge in [0, 0.05) is 6.61 Å². The number of aromatic nitrogens is 2. The molecule has 0 fully saturated rings. The number of phenolic OH excluding ortho intramolecular Hbond substituents is 1. The van der Waals surface area contributed by atoms with Crippen LogP contribution in [0.5, 0.6) is 5.75 Å². The molecule has 1 atom stereocenters. The van der Waals surface area contributed by atoms with E-state index < -0.39 is 5.60 Å². The van der Waals surface area contributed by atoms with Gasteiger partial charge in [-0.15, -0.1) is 0 Å². The van der Waals surface area contributed by atoms with E-state index in [1.54, 1.807) is 12.1 Å². The van der Waals surface area contributed by atoms with Gasteiger partial charge in [-0.05, 0) is 38.0 Å². The first-order valence-corrected chi connectivity index (χ1v) is 6.82. The largest absolute Gasteiger partial charge is 0.508 e. The molecule has 1 aromatic heterocycles. The molecule has 2 aromatic rings. The van der Waals surface area contributed by atoms with Gasteiger partial charge < -0.3 is 14.4 Å². The van der Waals surface area contributed by atoms with Crippen molar-refractivity contribution in [2.24, 2.45) is 0 Å². The summed E-state index contributed by atoms with van der Waals surface area (Å²) in [4.78, 5) is 4.42. The summed E-state index contributed by atoms with van der Waals surface area (Å²) in [5.41, 5.74) is 0.499. The maximum absolute atomic E-state index is 9.26. The minimum atomic E-state index is -0.508. The third-order valence-corrected chi connectivity index (χ3v) is 3.37. The lowest BCUT2D eigenvalue weighted by molar-refractivity contribution is -0.0403. The second kappa shape index (κ2) is 6.05. The highest BCUT2D eigenvalue weighted by molar-refractivity contribution is 5.27. The average Bonchev–Trinajstić information content (AvgIpc) is 2.91. The van der Waals surface area contributed by atoms with Gasteiger partial charge in [0.05, 0.1) is 6.42 Å². The van der Waals surface area contributed by atoms with Crippen molar-refractivity contribution in [2.75, 3.05) is 6.61 Å². The predicted molar refractivity (Wildman–Crippen MR) is 74.5 cm³/mol. The SMILES string of the molecule is CCOC(C)(CC)c1noc(Cc2ccc(O)cc2)n1. The van der Waals surface area contributed by atoms with Crippen LogP contribution in [0.25, 0.3) is 0 Å². The molecule has 0 aliphatic rings. The Morgan fingerprint density at radius 1 is 1.25 bits per heavy atom. The Hall–Kier alpha value is -1.88. The molecule has 5 nitrogen and oxygen atoms in total. The van der Waals surface area contributed by atoms with Gasteiger partial charge in [-0.25, -0.2) is 0 Å². The minimum Gasteiger partial charge on any atom is -0.508 e. The summed E-state index contributed by atoms with van der Waals surface area (Å²) in [6.07, 6.45) is 1.32. The fourth-order valence-electron chi connectivity index (χ4n) is 1.97. The fourth-order valence-corrected chi connectivity index (χ4v) is 1.97. The van der Waals surface area contributed by atoms with E-state index in [-0.39, 0.29) is 5.75 Å². The quantitative estimate of drug-likeness (QED) is 0.878. The van der Waals surface area contributed by atoms with Crippen molar-refractivity contribution in [3.63, 3.8) is 0 Å². The molecule has 20 heavy (non-hydrogen) atoms. The van der Waals surface area contributed by atoms with Gasteiger partial charge in [-0.2, -0.15) is 4.98 Å². The molecular weight excluding hydrogens is 256 g/mol. The molecule has 0 radical (unpaired) electrons. The van der Waals surface area contributed by atoms with Gasteiger partial charge in [-0.3, -0.25) is 0 Å². The van der Waals surface area contributed by atoms with E-state index in [0.29, 0.717) is 24.7 Å². The Balaban J connectivity index is 2.14. The third-order valence-electron chi connectivity index (χ3n) is 3.37. The number of benzene rings is 1. The van der Waals surface area contributed by atoms with Crippen LogP contribution < -0.4 is 0 Å². The molecule has 108 valence electrons. The summed E-state index contributed by atoms with van der Waals surface area (Å²) in [6, 6.07) is 6.95. The monoisotopic (exact) mass is 276 g/mol. The average molecular weight is 276 g/mol. The molecule has 0 aliphatic heterocycles. The Morgan fingerprint density at radius 3 is 2.55 bits per heavy atom. The number of hydrogen-bond acceptors (Lipinski definition) is 5. The van der Waals surface area contributed by atoms with Crippen LogP contribution in [0.4, 0.5) is 0 Å². The van der Waals surface area contributed by atoms with Gasteiger partial charge in [0.25, 0.3) is 0 Å². The number of phenols is 1. The Labute approximate surface area is 118 Å². The van der Waals surface area contributed by atoms with E-state index >= 15 is 0 Å². The third kappa shape index (κ3) is 3.17. The summed E-state index contributed by atoms with van der Waals surface area (Å²) < 4.78 is 11.0. The molecular formula is C15H20N2O3. The summed E-state index contributed by atoms with van der Waals surface area (Å²) in [5, 5.41) is 13.3. The van der Waals surface area contributed by atoms with Gasteiger partial charge in [0.15, 0.2) is 0 Å². The topological polar surface area (TPSA) is 68.4 Å². The van der Waals surface area contributed by atoms with Crippen molar-refractivity contribution in [3.8, 4) is 5.75 Å². The summed E-state index contributed by atoms with van der Waals surface area (Å²) in [5.74, 6) is 1.37. The molecule has 0 aliphatic carbocycles. The van der Waals surface area contributed by atoms with E-state index in [2.05, 4.69) is 10.1 Å². The first kappa shape index (κ1) is 14.5. The highest BCUT2D eigenvalue weighted by atomic mass is 16.5. The van der Waals surface area contributed by atoms with Crippen LogP contribution in [-0.4, -0.2) is 21.9 Å². The molecule has 1 heterocycles. The molecule has 0 saturated heterocycles. The lowest BCUT2D eigenvalue weighted by Crippen LogP contribution is -2.26. The summed E-state index contributed by atoms with van der Waals surface area (Å²) >= 11 is 0. The highest BCUT2D eigenvalue weighted by Gasteiger charge is 2.30. The van der Waals surface area contributed by atoms with Crippen LogP contribution >= 0.6 is 0 Å². The summed E-state index contributed by atoms with van der Waals surface area (Å²) in [6.45, 7) is 6.55. The van der Waals surface area contributed by atoms with E-state index in [9.17, 15) is 5.11 Å².